The van der Waals surface area contributed by atoms with E-state index in [1.807, 2.05) is 36.4 Å². The van der Waals surface area contributed by atoms with Crippen LogP contribution in [0.5, 0.6) is 0 Å². The molecule has 4 aromatic rings. The molecule has 152 valence electrons. The molecule has 0 aromatic heterocycles. The average molecular weight is 411 g/mol. The van der Waals surface area contributed by atoms with Gasteiger partial charge in [-0.1, -0.05) is 42.5 Å². The number of fused-ring (bicyclic) bond motifs is 1. The summed E-state index contributed by atoms with van der Waals surface area (Å²) in [6, 6.07) is 25.3. The minimum absolute atomic E-state index is 0.0591. The Labute approximate surface area is 177 Å². The van der Waals surface area contributed by atoms with Crippen molar-refractivity contribution in [2.75, 3.05) is 10.6 Å². The number of nitro benzene ring substituents is 1. The van der Waals surface area contributed by atoms with E-state index in [1.165, 1.54) is 24.3 Å². The highest BCUT2D eigenvalue weighted by molar-refractivity contribution is 6.13. The molecule has 0 aliphatic heterocycles. The van der Waals surface area contributed by atoms with Gasteiger partial charge in [-0.15, -0.1) is 0 Å². The van der Waals surface area contributed by atoms with Crippen molar-refractivity contribution < 1.29 is 14.5 Å². The Bertz CT molecular complexity index is 1290. The average Bonchev–Trinajstić information content (AvgIpc) is 2.79. The molecule has 0 aliphatic carbocycles. The highest BCUT2D eigenvalue weighted by Crippen LogP contribution is 2.21. The van der Waals surface area contributed by atoms with E-state index in [0.717, 1.165) is 10.8 Å². The molecule has 7 nitrogen and oxygen atoms in total. The zero-order valence-corrected chi connectivity index (χ0v) is 16.2. The van der Waals surface area contributed by atoms with Crippen molar-refractivity contribution in [3.63, 3.8) is 0 Å². The lowest BCUT2D eigenvalue weighted by atomic mass is 10.0. The standard InChI is InChI=1S/C24H17N3O4/c28-23(25-18-11-13-20(14-12-18)27(30)31)17-7-3-8-19(15-17)26-24(29)22-10-4-6-16-5-1-2-9-21(16)22/h1-15H,(H,25,28)(H,26,29). The van der Waals surface area contributed by atoms with Gasteiger partial charge in [-0.25, -0.2) is 0 Å². The molecule has 4 rings (SSSR count). The molecule has 0 fully saturated rings. The Morgan fingerprint density at radius 1 is 0.710 bits per heavy atom. The fourth-order valence-corrected chi connectivity index (χ4v) is 3.23. The quantitative estimate of drug-likeness (QED) is 0.346. The van der Waals surface area contributed by atoms with E-state index in [9.17, 15) is 19.7 Å². The van der Waals surface area contributed by atoms with E-state index in [0.29, 0.717) is 22.5 Å². The second kappa shape index (κ2) is 8.46. The van der Waals surface area contributed by atoms with Crippen molar-refractivity contribution in [2.24, 2.45) is 0 Å². The Hall–Kier alpha value is -4.52. The summed E-state index contributed by atoms with van der Waals surface area (Å²) in [7, 11) is 0. The molecule has 0 heterocycles. The van der Waals surface area contributed by atoms with Crippen molar-refractivity contribution in [3.8, 4) is 0 Å². The van der Waals surface area contributed by atoms with Crippen LogP contribution in [0.3, 0.4) is 0 Å². The molecule has 0 unspecified atom stereocenters. The number of nitro groups is 1. The molecule has 0 spiro atoms. The number of carbonyl (C=O) groups is 2. The predicted molar refractivity (Wildman–Crippen MR) is 119 cm³/mol. The molecule has 31 heavy (non-hydrogen) atoms. The Morgan fingerprint density at radius 2 is 1.39 bits per heavy atom. The van der Waals surface area contributed by atoms with E-state index >= 15 is 0 Å². The van der Waals surface area contributed by atoms with Crippen LogP contribution >= 0.6 is 0 Å². The number of benzene rings is 4. The van der Waals surface area contributed by atoms with E-state index in [1.54, 1.807) is 30.3 Å². The van der Waals surface area contributed by atoms with Gasteiger partial charge in [0.1, 0.15) is 0 Å². The maximum absolute atomic E-state index is 12.8. The van der Waals surface area contributed by atoms with Crippen LogP contribution in [-0.2, 0) is 0 Å². The highest BCUT2D eigenvalue weighted by atomic mass is 16.6. The number of nitrogens with one attached hydrogen (secondary N) is 2. The lowest BCUT2D eigenvalue weighted by molar-refractivity contribution is -0.384. The monoisotopic (exact) mass is 411 g/mol. The lowest BCUT2D eigenvalue weighted by Gasteiger charge is -2.10. The molecule has 0 atom stereocenters. The van der Waals surface area contributed by atoms with Crippen molar-refractivity contribution in [3.05, 3.63) is 112 Å². The van der Waals surface area contributed by atoms with Crippen LogP contribution in [0.25, 0.3) is 10.8 Å². The van der Waals surface area contributed by atoms with Crippen LogP contribution in [0.2, 0.25) is 0 Å². The summed E-state index contributed by atoms with van der Waals surface area (Å²) < 4.78 is 0. The van der Waals surface area contributed by atoms with Crippen LogP contribution in [-0.4, -0.2) is 16.7 Å². The number of hydrogen-bond acceptors (Lipinski definition) is 4. The molecule has 0 saturated carbocycles. The minimum atomic E-state index is -0.506. The summed E-state index contributed by atoms with van der Waals surface area (Å²) in [5.41, 5.74) is 1.74. The first-order valence-corrected chi connectivity index (χ1v) is 9.46. The summed E-state index contributed by atoms with van der Waals surface area (Å²) in [6.45, 7) is 0. The zero-order valence-electron chi connectivity index (χ0n) is 16.2. The van der Waals surface area contributed by atoms with Gasteiger partial charge < -0.3 is 10.6 Å². The Balaban J connectivity index is 1.50. The smallest absolute Gasteiger partial charge is 0.269 e. The van der Waals surface area contributed by atoms with Crippen LogP contribution in [0, 0.1) is 10.1 Å². The lowest BCUT2D eigenvalue weighted by Crippen LogP contribution is -2.15. The topological polar surface area (TPSA) is 101 Å². The number of amides is 2. The van der Waals surface area contributed by atoms with Gasteiger partial charge in [-0.2, -0.15) is 0 Å². The molecule has 2 N–H and O–H groups in total. The van der Waals surface area contributed by atoms with Gasteiger partial charge in [0.05, 0.1) is 4.92 Å². The fourth-order valence-electron chi connectivity index (χ4n) is 3.23. The normalized spacial score (nSPS) is 10.5. The largest absolute Gasteiger partial charge is 0.322 e. The van der Waals surface area contributed by atoms with Crippen molar-refractivity contribution >= 4 is 39.6 Å². The number of non-ortho nitro benzene ring substituents is 1. The third-order valence-electron chi connectivity index (χ3n) is 4.75. The van der Waals surface area contributed by atoms with Crippen molar-refractivity contribution in [2.45, 2.75) is 0 Å². The third-order valence-corrected chi connectivity index (χ3v) is 4.75. The number of carbonyl (C=O) groups excluding carboxylic acids is 2. The Morgan fingerprint density at radius 3 is 2.16 bits per heavy atom. The van der Waals surface area contributed by atoms with Gasteiger partial charge in [0.15, 0.2) is 0 Å². The van der Waals surface area contributed by atoms with E-state index < -0.39 is 10.8 Å². The number of hydrogen-bond donors (Lipinski definition) is 2. The molecule has 0 aliphatic rings. The summed E-state index contributed by atoms with van der Waals surface area (Å²) in [4.78, 5) is 35.6. The van der Waals surface area contributed by atoms with Crippen LogP contribution in [0.1, 0.15) is 20.7 Å². The van der Waals surface area contributed by atoms with Crippen molar-refractivity contribution in [1.29, 1.82) is 0 Å². The SMILES string of the molecule is O=C(Nc1ccc([N+](=O)[O-])cc1)c1cccc(NC(=O)c2cccc3ccccc23)c1. The van der Waals surface area contributed by atoms with Gasteiger partial charge in [-0.05, 0) is 47.2 Å². The van der Waals surface area contributed by atoms with Gasteiger partial charge in [0.2, 0.25) is 0 Å². The molecule has 0 saturated heterocycles. The predicted octanol–water partition coefficient (Wildman–Crippen LogP) is 5.25. The van der Waals surface area contributed by atoms with E-state index in [2.05, 4.69) is 10.6 Å². The second-order valence-corrected chi connectivity index (χ2v) is 6.82. The first kappa shape index (κ1) is 19.8. The first-order chi connectivity index (χ1) is 15.0. The summed E-state index contributed by atoms with van der Waals surface area (Å²) in [5, 5.41) is 18.1. The van der Waals surface area contributed by atoms with Crippen LogP contribution < -0.4 is 10.6 Å². The third kappa shape index (κ3) is 4.40. The van der Waals surface area contributed by atoms with Crippen LogP contribution in [0.4, 0.5) is 17.1 Å². The van der Waals surface area contributed by atoms with Gasteiger partial charge in [0, 0.05) is 34.6 Å². The second-order valence-electron chi connectivity index (χ2n) is 6.82. The van der Waals surface area contributed by atoms with Crippen molar-refractivity contribution in [1.82, 2.24) is 0 Å². The summed E-state index contributed by atoms with van der Waals surface area (Å²) in [5.74, 6) is -0.667. The molecule has 4 aromatic carbocycles. The van der Waals surface area contributed by atoms with Gasteiger partial charge in [-0.3, -0.25) is 19.7 Å². The maximum atomic E-state index is 12.8. The molecule has 0 radical (unpaired) electrons. The number of rotatable bonds is 5. The molecular weight excluding hydrogens is 394 g/mol. The number of nitrogens with zero attached hydrogens (tertiary/aromatic N) is 1. The first-order valence-electron chi connectivity index (χ1n) is 9.46. The Kier molecular flexibility index (Phi) is 5.40. The molecule has 7 heteroatoms. The maximum Gasteiger partial charge on any atom is 0.269 e. The molecule has 2 amide bonds. The summed E-state index contributed by atoms with van der Waals surface area (Å²) >= 11 is 0. The van der Waals surface area contributed by atoms with Crippen LogP contribution in [0.15, 0.2) is 91.0 Å². The van der Waals surface area contributed by atoms with E-state index in [-0.39, 0.29) is 11.6 Å². The minimum Gasteiger partial charge on any atom is -0.322 e. The molecule has 0 bridgehead atoms. The highest BCUT2D eigenvalue weighted by Gasteiger charge is 2.12. The van der Waals surface area contributed by atoms with Gasteiger partial charge in [0.25, 0.3) is 17.5 Å². The number of anilines is 2. The summed E-state index contributed by atoms with van der Waals surface area (Å²) in [6.07, 6.45) is 0. The van der Waals surface area contributed by atoms with Gasteiger partial charge >= 0.3 is 0 Å². The zero-order chi connectivity index (χ0) is 21.8. The molecular formula is C24H17N3O4. The van der Waals surface area contributed by atoms with E-state index in [4.69, 9.17) is 0 Å². The fraction of sp³-hybridized carbons (Fsp3) is 0.